The summed E-state index contributed by atoms with van der Waals surface area (Å²) >= 11 is 0. The first-order valence-electron chi connectivity index (χ1n) is 4.34. The number of carbonyl (C=O) groups excluding carboxylic acids is 2. The molecule has 0 fully saturated rings. The van der Waals surface area contributed by atoms with Gasteiger partial charge in [0.2, 0.25) is 0 Å². The molecule has 0 atom stereocenters. The van der Waals surface area contributed by atoms with Crippen molar-refractivity contribution in [2.75, 3.05) is 0 Å². The van der Waals surface area contributed by atoms with Crippen molar-refractivity contribution in [3.05, 3.63) is 29.8 Å². The highest BCUT2D eigenvalue weighted by atomic mass is 16.4. The van der Waals surface area contributed by atoms with Crippen LogP contribution in [-0.4, -0.2) is 17.6 Å². The van der Waals surface area contributed by atoms with Crippen LogP contribution in [0.4, 0.5) is 0 Å². The molecular formula is C10H8N2O4-2. The molecule has 0 aliphatic heterocycles. The van der Waals surface area contributed by atoms with Gasteiger partial charge in [0.1, 0.15) is 0 Å². The summed E-state index contributed by atoms with van der Waals surface area (Å²) in [5.74, 6) is -2.44. The third kappa shape index (κ3) is 3.09. The summed E-state index contributed by atoms with van der Waals surface area (Å²) in [5.41, 5.74) is 1.75. The van der Waals surface area contributed by atoms with Crippen LogP contribution in [0.3, 0.4) is 0 Å². The van der Waals surface area contributed by atoms with Gasteiger partial charge < -0.3 is 15.0 Å². The summed E-state index contributed by atoms with van der Waals surface area (Å²) in [5, 5.41) is 24.5. The number of hydrazone groups is 1. The Bertz CT molecular complexity index is 454. The zero-order valence-electron chi connectivity index (χ0n) is 8.39. The number of nitrogens with zero attached hydrogens (tertiary/aromatic N) is 1. The molecule has 0 radical (unpaired) electrons. The number of nitrogens with one attached hydrogen (secondary N) is 1. The Morgan fingerprint density at radius 1 is 1.38 bits per heavy atom. The van der Waals surface area contributed by atoms with E-state index in [-0.39, 0.29) is 17.0 Å². The minimum Gasteiger partial charge on any atom is -0.872 e. The molecule has 1 aromatic carbocycles. The predicted octanol–water partition coefficient (Wildman–Crippen LogP) is -1.38. The maximum absolute atomic E-state index is 11.4. The summed E-state index contributed by atoms with van der Waals surface area (Å²) in [6.45, 7) is 1.18. The van der Waals surface area contributed by atoms with E-state index in [1.807, 2.05) is 5.43 Å². The molecule has 6 heteroatoms. The normalized spacial score (nSPS) is 10.9. The molecule has 6 nitrogen and oxygen atoms in total. The zero-order chi connectivity index (χ0) is 12.1. The van der Waals surface area contributed by atoms with Gasteiger partial charge in [-0.3, -0.25) is 4.79 Å². The minimum absolute atomic E-state index is 0.113. The first-order valence-corrected chi connectivity index (χ1v) is 4.34. The van der Waals surface area contributed by atoms with E-state index in [0.29, 0.717) is 0 Å². The van der Waals surface area contributed by atoms with Crippen molar-refractivity contribution in [2.45, 2.75) is 6.92 Å². The molecule has 0 saturated heterocycles. The number of benzene rings is 1. The Balaban J connectivity index is 2.74. The smallest absolute Gasteiger partial charge is 0.271 e. The third-order valence-electron chi connectivity index (χ3n) is 1.72. The number of rotatable bonds is 3. The monoisotopic (exact) mass is 220 g/mol. The second-order valence-electron chi connectivity index (χ2n) is 2.95. The van der Waals surface area contributed by atoms with Gasteiger partial charge in [-0.15, -0.1) is 5.75 Å². The van der Waals surface area contributed by atoms with Gasteiger partial charge in [-0.25, -0.2) is 5.43 Å². The van der Waals surface area contributed by atoms with E-state index in [0.717, 1.165) is 6.07 Å². The molecule has 1 aromatic rings. The van der Waals surface area contributed by atoms with Crippen LogP contribution in [0.25, 0.3) is 0 Å². The largest absolute Gasteiger partial charge is 0.872 e. The van der Waals surface area contributed by atoms with Gasteiger partial charge in [0, 0.05) is 5.56 Å². The highest BCUT2D eigenvalue weighted by Crippen LogP contribution is 2.07. The fourth-order valence-electron chi connectivity index (χ4n) is 0.882. The van der Waals surface area contributed by atoms with E-state index >= 15 is 0 Å². The van der Waals surface area contributed by atoms with Crippen LogP contribution in [0.15, 0.2) is 29.4 Å². The lowest BCUT2D eigenvalue weighted by Crippen LogP contribution is -2.32. The Morgan fingerprint density at radius 3 is 2.62 bits per heavy atom. The molecule has 84 valence electrons. The van der Waals surface area contributed by atoms with Gasteiger partial charge >= 0.3 is 0 Å². The van der Waals surface area contributed by atoms with Gasteiger partial charge in [0.05, 0.1) is 11.7 Å². The van der Waals surface area contributed by atoms with Crippen molar-refractivity contribution in [1.29, 1.82) is 0 Å². The molecule has 0 aliphatic rings. The quantitative estimate of drug-likeness (QED) is 0.500. The number of aliphatic carboxylic acids is 1. The average Bonchev–Trinajstić information content (AvgIpc) is 2.25. The van der Waals surface area contributed by atoms with Crippen molar-refractivity contribution in [3.63, 3.8) is 0 Å². The molecular weight excluding hydrogens is 212 g/mol. The maximum atomic E-state index is 11.4. The van der Waals surface area contributed by atoms with Gasteiger partial charge in [0.15, 0.2) is 0 Å². The van der Waals surface area contributed by atoms with Crippen molar-refractivity contribution >= 4 is 17.6 Å². The molecule has 0 spiro atoms. The van der Waals surface area contributed by atoms with Crippen molar-refractivity contribution in [3.8, 4) is 5.75 Å². The van der Waals surface area contributed by atoms with E-state index < -0.39 is 11.9 Å². The van der Waals surface area contributed by atoms with E-state index in [9.17, 15) is 19.8 Å². The second-order valence-corrected chi connectivity index (χ2v) is 2.95. The van der Waals surface area contributed by atoms with Crippen LogP contribution in [0.2, 0.25) is 0 Å². The average molecular weight is 220 g/mol. The molecule has 1 N–H and O–H groups in total. The SMILES string of the molecule is C/C(=N/NC(=O)c1cccc([O-])c1)C(=O)[O-]. The van der Waals surface area contributed by atoms with Gasteiger partial charge in [0.25, 0.3) is 5.91 Å². The summed E-state index contributed by atoms with van der Waals surface area (Å²) < 4.78 is 0. The van der Waals surface area contributed by atoms with Crippen LogP contribution < -0.4 is 15.6 Å². The lowest BCUT2D eigenvalue weighted by atomic mass is 10.2. The zero-order valence-corrected chi connectivity index (χ0v) is 8.39. The van der Waals surface area contributed by atoms with E-state index in [1.165, 1.54) is 25.1 Å². The number of carboxylic acids is 1. The van der Waals surface area contributed by atoms with Crippen LogP contribution in [0, 0.1) is 0 Å². The lowest BCUT2D eigenvalue weighted by Gasteiger charge is -2.07. The molecule has 0 heterocycles. The molecule has 16 heavy (non-hydrogen) atoms. The maximum Gasteiger partial charge on any atom is 0.271 e. The predicted molar refractivity (Wildman–Crippen MR) is 51.5 cm³/mol. The van der Waals surface area contributed by atoms with Crippen LogP contribution in [0.1, 0.15) is 17.3 Å². The first kappa shape index (κ1) is 11.7. The molecule has 0 unspecified atom stereocenters. The van der Waals surface area contributed by atoms with Gasteiger partial charge in [-0.2, -0.15) is 5.10 Å². The Kier molecular flexibility index (Phi) is 3.60. The number of hydrogen-bond acceptors (Lipinski definition) is 5. The summed E-state index contributed by atoms with van der Waals surface area (Å²) in [7, 11) is 0. The fraction of sp³-hybridized carbons (Fsp3) is 0.100. The lowest BCUT2D eigenvalue weighted by molar-refractivity contribution is -0.294. The van der Waals surface area contributed by atoms with Gasteiger partial charge in [-0.05, 0) is 13.0 Å². The van der Waals surface area contributed by atoms with Crippen molar-refractivity contribution in [1.82, 2.24) is 5.43 Å². The molecule has 1 amide bonds. The van der Waals surface area contributed by atoms with Crippen molar-refractivity contribution < 1.29 is 19.8 Å². The van der Waals surface area contributed by atoms with E-state index in [4.69, 9.17) is 0 Å². The number of carbonyl (C=O) groups is 2. The van der Waals surface area contributed by atoms with Gasteiger partial charge in [-0.1, -0.05) is 18.2 Å². The highest BCUT2D eigenvalue weighted by Gasteiger charge is 2.03. The molecule has 0 aliphatic carbocycles. The standard InChI is InChI=1S/C10H10N2O4/c1-6(10(15)16)11-12-9(14)7-3-2-4-8(13)5-7/h2-5,13H,1H3,(H,12,14)(H,15,16)/p-2/b11-6-. The molecule has 0 aromatic heterocycles. The van der Waals surface area contributed by atoms with Crippen molar-refractivity contribution in [2.24, 2.45) is 5.10 Å². The first-order chi connectivity index (χ1) is 7.50. The minimum atomic E-state index is -1.47. The second kappa shape index (κ2) is 4.92. The topological polar surface area (TPSA) is 105 Å². The van der Waals surface area contributed by atoms with E-state index in [2.05, 4.69) is 5.10 Å². The Morgan fingerprint density at radius 2 is 2.06 bits per heavy atom. The van der Waals surface area contributed by atoms with Crippen LogP contribution in [-0.2, 0) is 4.79 Å². The third-order valence-corrected chi connectivity index (χ3v) is 1.72. The fourth-order valence-corrected chi connectivity index (χ4v) is 0.882. The molecule has 1 rings (SSSR count). The van der Waals surface area contributed by atoms with Crippen LogP contribution >= 0.6 is 0 Å². The Labute approximate surface area is 91.2 Å². The number of amides is 1. The highest BCUT2D eigenvalue weighted by molar-refractivity contribution is 6.33. The molecule has 0 bridgehead atoms. The van der Waals surface area contributed by atoms with Crippen LogP contribution in [0.5, 0.6) is 5.75 Å². The van der Waals surface area contributed by atoms with E-state index in [1.54, 1.807) is 0 Å². The molecule has 0 saturated carbocycles. The summed E-state index contributed by atoms with van der Waals surface area (Å²) in [6.07, 6.45) is 0. The summed E-state index contributed by atoms with van der Waals surface area (Å²) in [6, 6.07) is 5.26. The Hall–Kier alpha value is -2.37. The number of carboxylic acid groups (broad SMARTS) is 1. The summed E-state index contributed by atoms with van der Waals surface area (Å²) in [4.78, 5) is 21.6. The number of hydrogen-bond donors (Lipinski definition) is 1.